The maximum atomic E-state index is 13.7. The first kappa shape index (κ1) is 15.7. The van der Waals surface area contributed by atoms with Gasteiger partial charge < -0.3 is 5.11 Å². The van der Waals surface area contributed by atoms with E-state index in [1.165, 1.54) is 0 Å². The molecule has 1 fully saturated rings. The maximum absolute atomic E-state index is 13.7. The summed E-state index contributed by atoms with van der Waals surface area (Å²) in [5.41, 5.74) is -2.27. The van der Waals surface area contributed by atoms with Crippen LogP contribution in [0.3, 0.4) is 0 Å². The van der Waals surface area contributed by atoms with E-state index in [9.17, 15) is 27.1 Å². The summed E-state index contributed by atoms with van der Waals surface area (Å²) in [7, 11) is 0. The van der Waals surface area contributed by atoms with Crippen LogP contribution in [0.25, 0.3) is 0 Å². The Morgan fingerprint density at radius 3 is 2.45 bits per heavy atom. The summed E-state index contributed by atoms with van der Waals surface area (Å²) in [6.07, 6.45) is -4.92. The van der Waals surface area contributed by atoms with Gasteiger partial charge in [-0.15, -0.1) is 0 Å². The fourth-order valence-electron chi connectivity index (χ4n) is 3.62. The van der Waals surface area contributed by atoms with Gasteiger partial charge in [-0.3, -0.25) is 4.68 Å². The largest absolute Gasteiger partial charge is 0.435 e. The number of alkyl halides is 5. The minimum Gasteiger partial charge on any atom is -0.382 e. The number of hydrogen-bond donors (Lipinski definition) is 1. The van der Waals surface area contributed by atoms with Crippen LogP contribution in [0.2, 0.25) is 0 Å². The highest BCUT2D eigenvalue weighted by atomic mass is 19.4. The summed E-state index contributed by atoms with van der Waals surface area (Å²) in [4.78, 5) is 0. The molecule has 0 unspecified atom stereocenters. The van der Waals surface area contributed by atoms with Gasteiger partial charge in [0.2, 0.25) is 0 Å². The first-order valence-electron chi connectivity index (χ1n) is 7.37. The van der Waals surface area contributed by atoms with Gasteiger partial charge in [-0.2, -0.15) is 18.3 Å². The minimum absolute atomic E-state index is 0.0743. The van der Waals surface area contributed by atoms with Gasteiger partial charge in [-0.25, -0.2) is 8.78 Å². The molecule has 0 saturated heterocycles. The third-order valence-corrected chi connectivity index (χ3v) is 4.78. The molecule has 0 aromatic carbocycles. The van der Waals surface area contributed by atoms with Crippen LogP contribution >= 0.6 is 0 Å². The summed E-state index contributed by atoms with van der Waals surface area (Å²) in [6.45, 7) is 1.90. The van der Waals surface area contributed by atoms with Crippen molar-refractivity contribution in [3.8, 4) is 0 Å². The van der Waals surface area contributed by atoms with E-state index >= 15 is 0 Å². The average molecular weight is 324 g/mol. The molecule has 1 aromatic rings. The van der Waals surface area contributed by atoms with Crippen molar-refractivity contribution in [2.24, 2.45) is 5.92 Å². The molecule has 3 rings (SSSR count). The summed E-state index contributed by atoms with van der Waals surface area (Å²) in [5.74, 6) is -3.50. The number of hydrogen-bond acceptors (Lipinski definition) is 2. The molecule has 3 nitrogen and oxygen atoms in total. The molecule has 0 bridgehead atoms. The number of aromatic nitrogens is 2. The molecule has 0 aliphatic heterocycles. The smallest absolute Gasteiger partial charge is 0.382 e. The van der Waals surface area contributed by atoms with E-state index in [1.54, 1.807) is 0 Å². The molecule has 1 aromatic heterocycles. The summed E-state index contributed by atoms with van der Waals surface area (Å²) < 4.78 is 67.9. The Kier molecular flexibility index (Phi) is 3.50. The molecule has 1 heterocycles. The second kappa shape index (κ2) is 4.91. The van der Waals surface area contributed by atoms with E-state index < -0.39 is 35.9 Å². The summed E-state index contributed by atoms with van der Waals surface area (Å²) in [6, 6.07) is -0.320. The van der Waals surface area contributed by atoms with E-state index in [-0.39, 0.29) is 17.7 Å². The van der Waals surface area contributed by atoms with E-state index in [0.717, 1.165) is 23.9 Å². The predicted molar refractivity (Wildman–Crippen MR) is 67.5 cm³/mol. The van der Waals surface area contributed by atoms with Crippen molar-refractivity contribution < 1.29 is 27.1 Å². The van der Waals surface area contributed by atoms with E-state index in [4.69, 9.17) is 0 Å². The third-order valence-electron chi connectivity index (χ3n) is 4.78. The van der Waals surface area contributed by atoms with Crippen molar-refractivity contribution >= 4 is 0 Å². The highest BCUT2D eigenvalue weighted by Gasteiger charge is 2.55. The van der Waals surface area contributed by atoms with Crippen molar-refractivity contribution in [1.29, 1.82) is 0 Å². The van der Waals surface area contributed by atoms with Crippen LogP contribution in [0, 0.1) is 5.92 Å². The Bertz CT molecular complexity index is 581. The first-order valence-corrected chi connectivity index (χ1v) is 7.37. The number of aliphatic hydroxyl groups is 1. The zero-order valence-electron chi connectivity index (χ0n) is 12.0. The molecule has 1 N–H and O–H groups in total. The summed E-state index contributed by atoms with van der Waals surface area (Å²) >= 11 is 0. The van der Waals surface area contributed by atoms with Crippen molar-refractivity contribution in [1.82, 2.24) is 9.78 Å². The lowest BCUT2D eigenvalue weighted by Gasteiger charge is -2.30. The first-order chi connectivity index (χ1) is 10.1. The van der Waals surface area contributed by atoms with E-state index in [2.05, 4.69) is 5.10 Å². The Balaban J connectivity index is 2.12. The maximum Gasteiger partial charge on any atom is 0.435 e. The molecule has 0 radical (unpaired) electrons. The van der Waals surface area contributed by atoms with Crippen LogP contribution in [0.15, 0.2) is 0 Å². The molecule has 1 saturated carbocycles. The van der Waals surface area contributed by atoms with Crippen LogP contribution < -0.4 is 0 Å². The molecule has 124 valence electrons. The summed E-state index contributed by atoms with van der Waals surface area (Å²) in [5, 5.41) is 13.2. The second-order valence-corrected chi connectivity index (χ2v) is 6.32. The second-order valence-electron chi connectivity index (χ2n) is 6.32. The lowest BCUT2D eigenvalue weighted by molar-refractivity contribution is -0.146. The van der Waals surface area contributed by atoms with Gasteiger partial charge >= 0.3 is 6.18 Å². The van der Waals surface area contributed by atoms with Crippen molar-refractivity contribution in [3.63, 3.8) is 0 Å². The van der Waals surface area contributed by atoms with Crippen LogP contribution in [-0.4, -0.2) is 20.8 Å². The Morgan fingerprint density at radius 1 is 1.23 bits per heavy atom. The van der Waals surface area contributed by atoms with Gasteiger partial charge in [0, 0.05) is 5.56 Å². The Morgan fingerprint density at radius 2 is 1.86 bits per heavy atom. The van der Waals surface area contributed by atoms with Gasteiger partial charge in [0.15, 0.2) is 5.69 Å². The third kappa shape index (κ3) is 2.31. The molecule has 3 atom stereocenters. The van der Waals surface area contributed by atoms with Crippen LogP contribution in [0.1, 0.15) is 61.7 Å². The van der Waals surface area contributed by atoms with Gasteiger partial charge in [0.05, 0.1) is 18.2 Å². The van der Waals surface area contributed by atoms with Crippen LogP contribution in [0.5, 0.6) is 0 Å². The Hall–Kier alpha value is -1.18. The van der Waals surface area contributed by atoms with E-state index in [1.807, 2.05) is 6.92 Å². The van der Waals surface area contributed by atoms with Crippen LogP contribution in [0.4, 0.5) is 22.0 Å². The van der Waals surface area contributed by atoms with Gasteiger partial charge in [-0.1, -0.05) is 19.8 Å². The molecule has 0 amide bonds. The topological polar surface area (TPSA) is 38.0 Å². The normalized spacial score (nSPS) is 31.3. The highest BCUT2D eigenvalue weighted by molar-refractivity contribution is 5.38. The number of fused-ring (bicyclic) bond motifs is 1. The fraction of sp³-hybridized carbons (Fsp3) is 0.786. The molecule has 22 heavy (non-hydrogen) atoms. The highest BCUT2D eigenvalue weighted by Crippen LogP contribution is 2.50. The monoisotopic (exact) mass is 324 g/mol. The van der Waals surface area contributed by atoms with Crippen molar-refractivity contribution in [2.45, 2.75) is 63.3 Å². The van der Waals surface area contributed by atoms with E-state index in [0.29, 0.717) is 6.42 Å². The zero-order valence-corrected chi connectivity index (χ0v) is 12.0. The molecule has 8 heteroatoms. The number of rotatable bonds is 1. The average Bonchev–Trinajstić information content (AvgIpc) is 2.86. The standard InChI is InChI=1S/C14H17F5N2O/c1-7-4-2-3-5-8(7)21-9-6-13(15,16)12(22)10(9)11(20-21)14(17,18)19/h7-8,12,22H,2-6H2,1H3/t7-,8+,12-/m0/s1. The zero-order chi connectivity index (χ0) is 16.3. The van der Waals surface area contributed by atoms with Crippen molar-refractivity contribution in [2.75, 3.05) is 0 Å². The molecule has 0 spiro atoms. The number of nitrogens with zero attached hydrogens (tertiary/aromatic N) is 2. The Labute approximate surface area is 124 Å². The quantitative estimate of drug-likeness (QED) is 0.796. The molecule has 2 aliphatic carbocycles. The van der Waals surface area contributed by atoms with Gasteiger partial charge in [-0.05, 0) is 18.8 Å². The number of aliphatic hydroxyl groups excluding tert-OH is 1. The number of halogens is 5. The minimum atomic E-state index is -4.85. The SMILES string of the molecule is C[C@H]1CCCC[C@H]1n1nc(C(F)(F)F)c2c1CC(F)(F)[C@H]2O. The fourth-order valence-corrected chi connectivity index (χ4v) is 3.62. The van der Waals surface area contributed by atoms with Crippen LogP contribution in [-0.2, 0) is 12.6 Å². The molecule has 2 aliphatic rings. The van der Waals surface area contributed by atoms with Gasteiger partial charge in [0.1, 0.15) is 6.10 Å². The van der Waals surface area contributed by atoms with Crippen molar-refractivity contribution in [3.05, 3.63) is 17.0 Å². The lowest BCUT2D eigenvalue weighted by atomic mass is 9.86. The van der Waals surface area contributed by atoms with Gasteiger partial charge in [0.25, 0.3) is 5.92 Å². The predicted octanol–water partition coefficient (Wildman–Crippen LogP) is 3.88. The lowest BCUT2D eigenvalue weighted by Crippen LogP contribution is -2.27. The molecular formula is C14H17F5N2O. The molecular weight excluding hydrogens is 307 g/mol.